The molecule has 3 fully saturated rings. The summed E-state index contributed by atoms with van der Waals surface area (Å²) in [7, 11) is 0. The monoisotopic (exact) mass is 491 g/mol. The van der Waals surface area contributed by atoms with Gasteiger partial charge in [0.25, 0.3) is 0 Å². The lowest BCUT2D eigenvalue weighted by Crippen LogP contribution is -2.67. The Morgan fingerprint density at radius 2 is 1.91 bits per heavy atom. The van der Waals surface area contributed by atoms with Crippen LogP contribution >= 0.6 is 23.5 Å². The van der Waals surface area contributed by atoms with E-state index in [-0.39, 0.29) is 40.3 Å². The molecule has 9 heteroatoms. The second-order valence-corrected chi connectivity index (χ2v) is 11.9. The van der Waals surface area contributed by atoms with E-state index in [9.17, 15) is 19.5 Å². The molecule has 0 spiro atoms. The number of benzene rings is 1. The van der Waals surface area contributed by atoms with Gasteiger partial charge in [-0.15, -0.1) is 23.5 Å². The van der Waals surface area contributed by atoms with Crippen molar-refractivity contribution in [2.45, 2.75) is 65.6 Å². The molecule has 4 aliphatic rings. The zero-order chi connectivity index (χ0) is 23.3. The van der Waals surface area contributed by atoms with Crippen LogP contribution < -0.4 is 0 Å². The van der Waals surface area contributed by atoms with Gasteiger partial charge in [0.15, 0.2) is 5.78 Å². The van der Waals surface area contributed by atoms with Crippen LogP contribution in [0.4, 0.5) is 4.39 Å². The number of carbonyl (C=O) groups excluding carboxylic acids is 1. The van der Waals surface area contributed by atoms with Crippen molar-refractivity contribution in [3.05, 3.63) is 47.7 Å². The third-order valence-electron chi connectivity index (χ3n) is 7.50. The standard InChI is InChI=1S/C24H26FNO5S2/c25-16-9-14-20-23(22(16)32-11-19(27)28)33-18-7-6-13(12-4-2-1-3-5-12)8-17(18)26(20)10-15(21(14)29)24(30)31/h1-5,10,13-14,16-18,20,22-23H,6-9,11H2,(H,27,28)(H,30,31). The SMILES string of the molecule is O=C(O)CSC1C(F)CC2C(=O)C(C(=O)O)=CN3C4CC(c5ccccc5)CCC4SC1C23. The fourth-order valence-electron chi connectivity index (χ4n) is 6.11. The van der Waals surface area contributed by atoms with Crippen molar-refractivity contribution in [3.63, 3.8) is 0 Å². The predicted molar refractivity (Wildman–Crippen MR) is 125 cm³/mol. The summed E-state index contributed by atoms with van der Waals surface area (Å²) in [4.78, 5) is 38.2. The van der Waals surface area contributed by atoms with Crippen LogP contribution in [-0.4, -0.2) is 72.6 Å². The molecule has 1 aromatic rings. The molecule has 0 bridgehead atoms. The van der Waals surface area contributed by atoms with E-state index in [1.807, 2.05) is 18.2 Å². The van der Waals surface area contributed by atoms with Gasteiger partial charge in [-0.3, -0.25) is 9.59 Å². The smallest absolute Gasteiger partial charge is 0.340 e. The number of hydrogen-bond acceptors (Lipinski definition) is 6. The summed E-state index contributed by atoms with van der Waals surface area (Å²) >= 11 is 2.82. The lowest BCUT2D eigenvalue weighted by atomic mass is 9.72. The van der Waals surface area contributed by atoms with Crippen molar-refractivity contribution in [3.8, 4) is 0 Å². The summed E-state index contributed by atoms with van der Waals surface area (Å²) in [6.45, 7) is 0. The van der Waals surface area contributed by atoms with Gasteiger partial charge in [-0.05, 0) is 37.2 Å². The minimum atomic E-state index is -1.34. The van der Waals surface area contributed by atoms with Gasteiger partial charge >= 0.3 is 11.9 Å². The Bertz CT molecular complexity index is 988. The van der Waals surface area contributed by atoms with Crippen LogP contribution in [-0.2, 0) is 14.4 Å². The van der Waals surface area contributed by atoms with Crippen molar-refractivity contribution < 1.29 is 29.0 Å². The molecular formula is C24H26FNO5S2. The highest BCUT2D eigenvalue weighted by molar-refractivity contribution is 8.04. The average molecular weight is 492 g/mol. The number of rotatable bonds is 5. The zero-order valence-corrected chi connectivity index (χ0v) is 19.5. The lowest BCUT2D eigenvalue weighted by molar-refractivity contribution is -0.138. The molecule has 2 aliphatic carbocycles. The molecule has 0 aromatic heterocycles. The van der Waals surface area contributed by atoms with Crippen LogP contribution in [0.1, 0.15) is 37.2 Å². The summed E-state index contributed by atoms with van der Waals surface area (Å²) in [5.41, 5.74) is 1.00. The third kappa shape index (κ3) is 4.07. The van der Waals surface area contributed by atoms with Crippen LogP contribution in [0, 0.1) is 5.92 Å². The second kappa shape index (κ2) is 8.98. The van der Waals surface area contributed by atoms with Crippen molar-refractivity contribution in [1.82, 2.24) is 4.90 Å². The van der Waals surface area contributed by atoms with Gasteiger partial charge in [0.2, 0.25) is 0 Å². The van der Waals surface area contributed by atoms with Gasteiger partial charge < -0.3 is 15.1 Å². The number of carbonyl (C=O) groups is 3. The zero-order valence-electron chi connectivity index (χ0n) is 17.9. The van der Waals surface area contributed by atoms with Crippen LogP contribution in [0.25, 0.3) is 0 Å². The predicted octanol–water partition coefficient (Wildman–Crippen LogP) is 3.57. The minimum absolute atomic E-state index is 0.0569. The summed E-state index contributed by atoms with van der Waals surface area (Å²) < 4.78 is 15.3. The molecule has 1 aromatic carbocycles. The maximum Gasteiger partial charge on any atom is 0.340 e. The first-order chi connectivity index (χ1) is 15.8. The summed E-state index contributed by atoms with van der Waals surface area (Å²) in [6, 6.07) is 10.0. The van der Waals surface area contributed by atoms with Crippen LogP contribution in [0.3, 0.4) is 0 Å². The average Bonchev–Trinajstić information content (AvgIpc) is 2.80. The van der Waals surface area contributed by atoms with Crippen LogP contribution in [0.15, 0.2) is 42.1 Å². The molecule has 6 nitrogen and oxygen atoms in total. The Morgan fingerprint density at radius 1 is 1.15 bits per heavy atom. The van der Waals surface area contributed by atoms with Gasteiger partial charge in [0, 0.05) is 28.7 Å². The first-order valence-corrected chi connectivity index (χ1v) is 13.3. The van der Waals surface area contributed by atoms with E-state index in [0.717, 1.165) is 31.0 Å². The number of carboxylic acids is 2. The summed E-state index contributed by atoms with van der Waals surface area (Å²) in [6.07, 6.45) is 2.87. The topological polar surface area (TPSA) is 94.9 Å². The Hall–Kier alpha value is -2.00. The van der Waals surface area contributed by atoms with Gasteiger partial charge in [-0.25, -0.2) is 9.18 Å². The van der Waals surface area contributed by atoms with Gasteiger partial charge in [-0.1, -0.05) is 30.3 Å². The van der Waals surface area contributed by atoms with Gasteiger partial charge in [0.05, 0.1) is 17.0 Å². The number of hydrogen-bond donors (Lipinski definition) is 2. The number of alkyl halides is 1. The highest BCUT2D eigenvalue weighted by Gasteiger charge is 2.58. The highest BCUT2D eigenvalue weighted by Crippen LogP contribution is 2.54. The molecule has 0 amide bonds. The summed E-state index contributed by atoms with van der Waals surface area (Å²) in [5.74, 6) is -3.30. The van der Waals surface area contributed by atoms with E-state index in [1.54, 1.807) is 11.8 Å². The van der Waals surface area contributed by atoms with E-state index in [1.165, 1.54) is 11.8 Å². The minimum Gasteiger partial charge on any atom is -0.481 e. The molecule has 2 heterocycles. The Labute approximate surface area is 200 Å². The maximum atomic E-state index is 15.3. The normalized spacial score (nSPS) is 37.5. The third-order valence-corrected chi connectivity index (χ3v) is 10.8. The molecule has 0 radical (unpaired) electrons. The lowest BCUT2D eigenvalue weighted by Gasteiger charge is -2.59. The largest absolute Gasteiger partial charge is 0.481 e. The maximum absolute atomic E-state index is 15.3. The summed E-state index contributed by atoms with van der Waals surface area (Å²) in [5, 5.41) is 18.3. The second-order valence-electron chi connectivity index (χ2n) is 9.30. The van der Waals surface area contributed by atoms with E-state index in [4.69, 9.17) is 5.11 Å². The number of nitrogens with zero attached hydrogens (tertiary/aromatic N) is 1. The number of ketones is 1. The molecule has 33 heavy (non-hydrogen) atoms. The number of thioether (sulfide) groups is 2. The Kier molecular flexibility index (Phi) is 6.20. The van der Waals surface area contributed by atoms with Crippen LogP contribution in [0.5, 0.6) is 0 Å². The highest BCUT2D eigenvalue weighted by atomic mass is 32.2. The van der Waals surface area contributed by atoms with Crippen LogP contribution in [0.2, 0.25) is 0 Å². The quantitative estimate of drug-likeness (QED) is 0.604. The van der Waals surface area contributed by atoms with E-state index in [2.05, 4.69) is 17.0 Å². The number of fused-ring (bicyclic) bond motifs is 2. The van der Waals surface area contributed by atoms with Crippen molar-refractivity contribution >= 4 is 41.2 Å². The molecule has 2 N–H and O–H groups in total. The Balaban J connectivity index is 1.51. The molecule has 2 saturated carbocycles. The molecular weight excluding hydrogens is 465 g/mol. The van der Waals surface area contributed by atoms with Crippen molar-refractivity contribution in [2.24, 2.45) is 5.92 Å². The van der Waals surface area contributed by atoms with Crippen molar-refractivity contribution in [1.29, 1.82) is 0 Å². The fraction of sp³-hybridized carbons (Fsp3) is 0.542. The van der Waals surface area contributed by atoms with E-state index < -0.39 is 35.1 Å². The van der Waals surface area contributed by atoms with Gasteiger partial charge in [-0.2, -0.15) is 0 Å². The molecule has 5 rings (SSSR count). The molecule has 176 valence electrons. The van der Waals surface area contributed by atoms with E-state index in [0.29, 0.717) is 5.92 Å². The molecule has 2 aliphatic heterocycles. The van der Waals surface area contributed by atoms with Gasteiger partial charge in [0.1, 0.15) is 11.7 Å². The van der Waals surface area contributed by atoms with Crippen molar-refractivity contribution in [2.75, 3.05) is 5.75 Å². The fourth-order valence-corrected chi connectivity index (χ4v) is 9.47. The molecule has 8 unspecified atom stereocenters. The first-order valence-electron chi connectivity index (χ1n) is 11.3. The number of halogens is 1. The Morgan fingerprint density at radius 3 is 2.61 bits per heavy atom. The molecule has 1 saturated heterocycles. The first kappa shape index (κ1) is 22.8. The van der Waals surface area contributed by atoms with E-state index >= 15 is 4.39 Å². The number of carboxylic acid groups (broad SMARTS) is 2. The number of Topliss-reactive ketones (excluding diaryl/α,β-unsaturated/α-hetero) is 1. The number of aliphatic carboxylic acids is 2. The molecule has 8 atom stereocenters.